The Morgan fingerprint density at radius 2 is 2.22 bits per heavy atom. The Balaban J connectivity index is 0.00000264. The summed E-state index contributed by atoms with van der Waals surface area (Å²) >= 11 is 0. The predicted octanol–water partition coefficient (Wildman–Crippen LogP) is 1.75. The van der Waals surface area contributed by atoms with Crippen LogP contribution in [-0.4, -0.2) is 56.0 Å². The van der Waals surface area contributed by atoms with Gasteiger partial charge >= 0.3 is 0 Å². The number of benzene rings is 1. The third-order valence-corrected chi connectivity index (χ3v) is 4.47. The van der Waals surface area contributed by atoms with E-state index in [4.69, 9.17) is 10.5 Å². The molecule has 1 aromatic rings. The standard InChI is InChI=1S/C17H27N3O2.ClH/c1-17(12-18)7-8-20(13-17)11-16(21)19(2)10-14-5-4-6-15(9-14)22-3;/h4-6,9H,7-8,10-13,18H2,1-3H3;1H. The van der Waals surface area contributed by atoms with Gasteiger partial charge in [0, 0.05) is 20.1 Å². The molecule has 5 nitrogen and oxygen atoms in total. The largest absolute Gasteiger partial charge is 0.497 e. The zero-order valence-electron chi connectivity index (χ0n) is 14.2. The number of methoxy groups -OCH3 is 1. The molecular formula is C17H28ClN3O2. The van der Waals surface area contributed by atoms with Crippen molar-refractivity contribution in [3.05, 3.63) is 29.8 Å². The Morgan fingerprint density at radius 1 is 1.48 bits per heavy atom. The van der Waals surface area contributed by atoms with Crippen molar-refractivity contribution in [2.45, 2.75) is 19.9 Å². The third-order valence-electron chi connectivity index (χ3n) is 4.47. The summed E-state index contributed by atoms with van der Waals surface area (Å²) in [4.78, 5) is 16.4. The number of nitrogens with zero attached hydrogens (tertiary/aromatic N) is 2. The van der Waals surface area contributed by atoms with Crippen LogP contribution in [0, 0.1) is 5.41 Å². The molecule has 2 N–H and O–H groups in total. The first-order valence-corrected chi connectivity index (χ1v) is 7.75. The van der Waals surface area contributed by atoms with Gasteiger partial charge in [-0.15, -0.1) is 12.4 Å². The normalized spacial score (nSPS) is 20.9. The van der Waals surface area contributed by atoms with E-state index < -0.39 is 0 Å². The van der Waals surface area contributed by atoms with Crippen LogP contribution in [0.3, 0.4) is 0 Å². The molecule has 0 aromatic heterocycles. The fraction of sp³-hybridized carbons (Fsp3) is 0.588. The molecule has 0 radical (unpaired) electrons. The second-order valence-corrected chi connectivity index (χ2v) is 6.58. The molecule has 23 heavy (non-hydrogen) atoms. The van der Waals surface area contributed by atoms with Gasteiger partial charge in [-0.2, -0.15) is 0 Å². The highest BCUT2D eigenvalue weighted by atomic mass is 35.5. The van der Waals surface area contributed by atoms with Gasteiger partial charge in [0.05, 0.1) is 13.7 Å². The maximum atomic E-state index is 12.4. The molecule has 130 valence electrons. The molecule has 0 bridgehead atoms. The molecule has 1 unspecified atom stereocenters. The van der Waals surface area contributed by atoms with Crippen molar-refractivity contribution in [1.29, 1.82) is 0 Å². The Hall–Kier alpha value is -1.30. The highest BCUT2D eigenvalue weighted by Crippen LogP contribution is 2.28. The van der Waals surface area contributed by atoms with Gasteiger partial charge in [-0.1, -0.05) is 19.1 Å². The number of nitrogens with two attached hydrogens (primary N) is 1. The van der Waals surface area contributed by atoms with Gasteiger partial charge in [0.2, 0.25) is 5.91 Å². The SMILES string of the molecule is COc1cccc(CN(C)C(=O)CN2CCC(C)(CN)C2)c1.Cl. The molecule has 0 saturated carbocycles. The van der Waals surface area contributed by atoms with Crippen molar-refractivity contribution in [1.82, 2.24) is 9.80 Å². The summed E-state index contributed by atoms with van der Waals surface area (Å²) in [6, 6.07) is 7.82. The molecule has 1 amide bonds. The van der Waals surface area contributed by atoms with E-state index in [-0.39, 0.29) is 23.7 Å². The van der Waals surface area contributed by atoms with Gasteiger partial charge < -0.3 is 15.4 Å². The average molecular weight is 342 g/mol. The predicted molar refractivity (Wildman–Crippen MR) is 94.9 cm³/mol. The van der Waals surface area contributed by atoms with Crippen molar-refractivity contribution in [3.8, 4) is 5.75 Å². The Morgan fingerprint density at radius 3 is 2.83 bits per heavy atom. The lowest BCUT2D eigenvalue weighted by molar-refractivity contribution is -0.131. The molecule has 1 fully saturated rings. The van der Waals surface area contributed by atoms with E-state index >= 15 is 0 Å². The number of hydrogen-bond acceptors (Lipinski definition) is 4. The summed E-state index contributed by atoms with van der Waals surface area (Å²) in [6.45, 7) is 5.79. The average Bonchev–Trinajstić information content (AvgIpc) is 2.89. The molecule has 6 heteroatoms. The lowest BCUT2D eigenvalue weighted by atomic mass is 9.90. The molecule has 2 rings (SSSR count). The van der Waals surface area contributed by atoms with E-state index in [1.807, 2.05) is 31.3 Å². The van der Waals surface area contributed by atoms with E-state index in [0.29, 0.717) is 19.6 Å². The van der Waals surface area contributed by atoms with Gasteiger partial charge in [0.25, 0.3) is 0 Å². The summed E-state index contributed by atoms with van der Waals surface area (Å²) in [5.74, 6) is 0.959. The van der Waals surface area contributed by atoms with E-state index in [0.717, 1.165) is 30.8 Å². The first kappa shape index (κ1) is 19.7. The van der Waals surface area contributed by atoms with Gasteiger partial charge in [-0.25, -0.2) is 0 Å². The minimum absolute atomic E-state index is 0. The monoisotopic (exact) mass is 341 g/mol. The second kappa shape index (κ2) is 8.52. The molecule has 1 aliphatic heterocycles. The molecule has 1 aromatic carbocycles. The Labute approximate surface area is 145 Å². The quantitative estimate of drug-likeness (QED) is 0.856. The summed E-state index contributed by atoms with van der Waals surface area (Å²) in [5.41, 5.74) is 7.05. The number of amides is 1. The van der Waals surface area contributed by atoms with Crippen LogP contribution in [0.2, 0.25) is 0 Å². The lowest BCUT2D eigenvalue weighted by Crippen LogP contribution is -2.39. The summed E-state index contributed by atoms with van der Waals surface area (Å²) in [5, 5.41) is 0. The summed E-state index contributed by atoms with van der Waals surface area (Å²) in [7, 11) is 3.50. The maximum Gasteiger partial charge on any atom is 0.236 e. The van der Waals surface area contributed by atoms with Crippen molar-refractivity contribution < 1.29 is 9.53 Å². The fourth-order valence-corrected chi connectivity index (χ4v) is 2.87. The van der Waals surface area contributed by atoms with Gasteiger partial charge in [-0.05, 0) is 42.6 Å². The van der Waals surface area contributed by atoms with Crippen LogP contribution >= 0.6 is 12.4 Å². The van der Waals surface area contributed by atoms with Crippen molar-refractivity contribution >= 4 is 18.3 Å². The van der Waals surface area contributed by atoms with Gasteiger partial charge in [-0.3, -0.25) is 9.69 Å². The van der Waals surface area contributed by atoms with Crippen LogP contribution in [0.5, 0.6) is 5.75 Å². The number of carbonyl (C=O) groups excluding carboxylic acids is 1. The van der Waals surface area contributed by atoms with Crippen molar-refractivity contribution in [2.75, 3.05) is 40.3 Å². The Kier molecular flexibility index (Phi) is 7.32. The number of likely N-dealkylation sites (N-methyl/N-ethyl adjacent to an activating group) is 1. The fourth-order valence-electron chi connectivity index (χ4n) is 2.87. The number of ether oxygens (including phenoxy) is 1. The molecule has 0 aliphatic carbocycles. The number of likely N-dealkylation sites (tertiary alicyclic amines) is 1. The highest BCUT2D eigenvalue weighted by Gasteiger charge is 2.33. The van der Waals surface area contributed by atoms with E-state index in [9.17, 15) is 4.79 Å². The third kappa shape index (κ3) is 5.37. The van der Waals surface area contributed by atoms with Gasteiger partial charge in [0.1, 0.15) is 5.75 Å². The topological polar surface area (TPSA) is 58.8 Å². The van der Waals surface area contributed by atoms with Crippen LogP contribution in [0.4, 0.5) is 0 Å². The van der Waals surface area contributed by atoms with E-state index in [1.54, 1.807) is 12.0 Å². The number of rotatable bonds is 6. The minimum Gasteiger partial charge on any atom is -0.497 e. The molecular weight excluding hydrogens is 314 g/mol. The number of hydrogen-bond donors (Lipinski definition) is 1. The number of carbonyl (C=O) groups is 1. The van der Waals surface area contributed by atoms with Crippen molar-refractivity contribution in [2.24, 2.45) is 11.1 Å². The van der Waals surface area contributed by atoms with Crippen LogP contribution in [0.25, 0.3) is 0 Å². The van der Waals surface area contributed by atoms with Crippen molar-refractivity contribution in [3.63, 3.8) is 0 Å². The highest BCUT2D eigenvalue weighted by molar-refractivity contribution is 5.85. The molecule has 1 atom stereocenters. The zero-order chi connectivity index (χ0) is 16.2. The minimum atomic E-state index is 0. The smallest absolute Gasteiger partial charge is 0.236 e. The first-order valence-electron chi connectivity index (χ1n) is 7.75. The first-order chi connectivity index (χ1) is 10.5. The Bertz CT molecular complexity index is 526. The van der Waals surface area contributed by atoms with E-state index in [2.05, 4.69) is 11.8 Å². The molecule has 1 saturated heterocycles. The summed E-state index contributed by atoms with van der Waals surface area (Å²) < 4.78 is 5.22. The van der Waals surface area contributed by atoms with Crippen LogP contribution in [-0.2, 0) is 11.3 Å². The molecule has 1 aliphatic rings. The van der Waals surface area contributed by atoms with E-state index in [1.165, 1.54) is 0 Å². The maximum absolute atomic E-state index is 12.4. The summed E-state index contributed by atoms with van der Waals surface area (Å²) in [6.07, 6.45) is 1.07. The van der Waals surface area contributed by atoms with Crippen LogP contribution in [0.15, 0.2) is 24.3 Å². The van der Waals surface area contributed by atoms with Crippen LogP contribution < -0.4 is 10.5 Å². The number of halogens is 1. The van der Waals surface area contributed by atoms with Gasteiger partial charge in [0.15, 0.2) is 0 Å². The molecule has 0 spiro atoms. The van der Waals surface area contributed by atoms with Crippen LogP contribution in [0.1, 0.15) is 18.9 Å². The lowest BCUT2D eigenvalue weighted by Gasteiger charge is -2.24. The molecule has 1 heterocycles. The zero-order valence-corrected chi connectivity index (χ0v) is 15.1. The second-order valence-electron chi connectivity index (χ2n) is 6.58.